The van der Waals surface area contributed by atoms with Crippen molar-refractivity contribution >= 4 is 17.5 Å². The topological polar surface area (TPSA) is 47.6 Å². The molecule has 4 nitrogen and oxygen atoms in total. The fraction of sp³-hybridized carbons (Fsp3) is 0.278. The van der Waals surface area contributed by atoms with E-state index in [4.69, 9.17) is 21.1 Å². The zero-order valence-corrected chi connectivity index (χ0v) is 14.0. The average molecular weight is 334 g/mol. The molecule has 2 rings (SSSR count). The van der Waals surface area contributed by atoms with Crippen molar-refractivity contribution in [2.75, 3.05) is 6.61 Å². The molecule has 2 aromatic rings. The van der Waals surface area contributed by atoms with Crippen molar-refractivity contribution in [3.63, 3.8) is 0 Å². The van der Waals surface area contributed by atoms with Gasteiger partial charge in [-0.3, -0.25) is 4.79 Å². The molecule has 0 aliphatic rings. The van der Waals surface area contributed by atoms with Gasteiger partial charge in [0.25, 0.3) is 5.91 Å². The minimum absolute atomic E-state index is 0.212. The van der Waals surface area contributed by atoms with Crippen molar-refractivity contribution in [1.82, 2.24) is 5.32 Å². The average Bonchev–Trinajstić information content (AvgIpc) is 2.56. The maximum absolute atomic E-state index is 12.2. The molecule has 122 valence electrons. The first-order chi connectivity index (χ1) is 11.1. The molecule has 2 aromatic carbocycles. The Morgan fingerprint density at radius 2 is 1.78 bits per heavy atom. The van der Waals surface area contributed by atoms with Gasteiger partial charge in [-0.25, -0.2) is 0 Å². The van der Waals surface area contributed by atoms with E-state index in [1.165, 1.54) is 0 Å². The number of nitrogens with one attached hydrogen (secondary N) is 1. The van der Waals surface area contributed by atoms with Crippen LogP contribution in [-0.2, 0) is 11.3 Å². The molecule has 5 heteroatoms. The first-order valence-corrected chi connectivity index (χ1v) is 7.89. The number of carbonyl (C=O) groups is 1. The number of amides is 1. The summed E-state index contributed by atoms with van der Waals surface area (Å²) in [5.74, 6) is 1.05. The lowest BCUT2D eigenvalue weighted by molar-refractivity contribution is -0.127. The van der Waals surface area contributed by atoms with E-state index in [1.807, 2.05) is 43.3 Å². The van der Waals surface area contributed by atoms with Crippen LogP contribution in [0, 0.1) is 0 Å². The Labute approximate surface area is 141 Å². The van der Waals surface area contributed by atoms with Crippen molar-refractivity contribution in [2.45, 2.75) is 26.5 Å². The molecule has 23 heavy (non-hydrogen) atoms. The van der Waals surface area contributed by atoms with Crippen molar-refractivity contribution < 1.29 is 14.3 Å². The molecule has 0 radical (unpaired) electrons. The number of halogens is 1. The maximum Gasteiger partial charge on any atom is 0.261 e. The van der Waals surface area contributed by atoms with Gasteiger partial charge in [-0.05, 0) is 32.0 Å². The van der Waals surface area contributed by atoms with Crippen molar-refractivity contribution in [3.05, 3.63) is 59.1 Å². The molecule has 0 aliphatic carbocycles. The van der Waals surface area contributed by atoms with Gasteiger partial charge in [0.15, 0.2) is 6.10 Å². The number of ether oxygens (including phenoxy) is 2. The number of carbonyl (C=O) groups excluding carboxylic acids is 1. The normalized spacial score (nSPS) is 11.6. The minimum Gasteiger partial charge on any atom is -0.494 e. The summed E-state index contributed by atoms with van der Waals surface area (Å²) in [5, 5.41) is 3.33. The highest BCUT2D eigenvalue weighted by Gasteiger charge is 2.16. The molecular formula is C18H20ClNO3. The highest BCUT2D eigenvalue weighted by Crippen LogP contribution is 2.24. The quantitative estimate of drug-likeness (QED) is 0.837. The second-order valence-electron chi connectivity index (χ2n) is 4.95. The number of para-hydroxylation sites is 2. The summed E-state index contributed by atoms with van der Waals surface area (Å²) < 4.78 is 11.1. The fourth-order valence-electron chi connectivity index (χ4n) is 2.06. The summed E-state index contributed by atoms with van der Waals surface area (Å²) in [6.45, 7) is 4.57. The van der Waals surface area contributed by atoms with Crippen LogP contribution < -0.4 is 14.8 Å². The molecule has 1 amide bonds. The van der Waals surface area contributed by atoms with E-state index < -0.39 is 6.10 Å². The number of rotatable bonds is 7. The SMILES string of the molecule is CCOc1ccccc1CNC(=O)[C@H](C)Oc1ccccc1Cl. The Morgan fingerprint density at radius 3 is 2.48 bits per heavy atom. The van der Waals surface area contributed by atoms with Crippen LogP contribution in [0.1, 0.15) is 19.4 Å². The summed E-state index contributed by atoms with van der Waals surface area (Å²) in [4.78, 5) is 12.2. The predicted octanol–water partition coefficient (Wildman–Crippen LogP) is 3.82. The van der Waals surface area contributed by atoms with E-state index in [2.05, 4.69) is 5.32 Å². The third kappa shape index (κ3) is 4.89. The highest BCUT2D eigenvalue weighted by molar-refractivity contribution is 6.32. The van der Waals surface area contributed by atoms with Crippen LogP contribution in [0.4, 0.5) is 0 Å². The Morgan fingerprint density at radius 1 is 1.13 bits per heavy atom. The third-order valence-electron chi connectivity index (χ3n) is 3.24. The van der Waals surface area contributed by atoms with Gasteiger partial charge >= 0.3 is 0 Å². The highest BCUT2D eigenvalue weighted by atomic mass is 35.5. The Hall–Kier alpha value is -2.20. The van der Waals surface area contributed by atoms with E-state index in [0.717, 1.165) is 11.3 Å². The van der Waals surface area contributed by atoms with Gasteiger partial charge in [-0.2, -0.15) is 0 Å². The van der Waals surface area contributed by atoms with Crippen LogP contribution in [-0.4, -0.2) is 18.6 Å². The molecule has 0 fully saturated rings. The molecule has 0 bridgehead atoms. The van der Waals surface area contributed by atoms with E-state index in [-0.39, 0.29) is 5.91 Å². The zero-order chi connectivity index (χ0) is 16.7. The van der Waals surface area contributed by atoms with Crippen LogP contribution in [0.5, 0.6) is 11.5 Å². The third-order valence-corrected chi connectivity index (χ3v) is 3.55. The summed E-state index contributed by atoms with van der Waals surface area (Å²) in [5.41, 5.74) is 0.924. The van der Waals surface area contributed by atoms with Gasteiger partial charge in [0, 0.05) is 12.1 Å². The Balaban J connectivity index is 1.93. The Bertz CT molecular complexity index is 660. The molecular weight excluding hydrogens is 314 g/mol. The molecule has 0 spiro atoms. The minimum atomic E-state index is -0.644. The summed E-state index contributed by atoms with van der Waals surface area (Å²) >= 11 is 6.03. The van der Waals surface area contributed by atoms with Gasteiger partial charge in [-0.1, -0.05) is 41.9 Å². The number of hydrogen-bond donors (Lipinski definition) is 1. The first-order valence-electron chi connectivity index (χ1n) is 7.51. The van der Waals surface area contributed by atoms with E-state index >= 15 is 0 Å². The van der Waals surface area contributed by atoms with Gasteiger partial charge < -0.3 is 14.8 Å². The summed E-state index contributed by atoms with van der Waals surface area (Å²) in [6.07, 6.45) is -0.644. The smallest absolute Gasteiger partial charge is 0.261 e. The zero-order valence-electron chi connectivity index (χ0n) is 13.2. The second kappa shape index (κ2) is 8.44. The molecule has 0 unspecified atom stereocenters. The van der Waals surface area contributed by atoms with E-state index in [9.17, 15) is 4.79 Å². The molecule has 0 heterocycles. The van der Waals surface area contributed by atoms with E-state index in [0.29, 0.717) is 23.9 Å². The number of benzene rings is 2. The fourth-order valence-corrected chi connectivity index (χ4v) is 2.24. The standard InChI is InChI=1S/C18H20ClNO3/c1-3-22-16-10-6-4-8-14(16)12-20-18(21)13(2)23-17-11-7-5-9-15(17)19/h4-11,13H,3,12H2,1-2H3,(H,20,21)/t13-/m0/s1. The van der Waals surface area contributed by atoms with Gasteiger partial charge in [0.05, 0.1) is 11.6 Å². The molecule has 0 aliphatic heterocycles. The molecule has 1 atom stereocenters. The van der Waals surface area contributed by atoms with Crippen LogP contribution in [0.2, 0.25) is 5.02 Å². The van der Waals surface area contributed by atoms with Crippen LogP contribution in [0.3, 0.4) is 0 Å². The molecule has 1 N–H and O–H groups in total. The van der Waals surface area contributed by atoms with Crippen molar-refractivity contribution in [2.24, 2.45) is 0 Å². The molecule has 0 saturated heterocycles. The van der Waals surface area contributed by atoms with Crippen LogP contribution in [0.25, 0.3) is 0 Å². The van der Waals surface area contributed by atoms with Crippen LogP contribution in [0.15, 0.2) is 48.5 Å². The molecule has 0 saturated carbocycles. The van der Waals surface area contributed by atoms with Gasteiger partial charge in [-0.15, -0.1) is 0 Å². The van der Waals surface area contributed by atoms with Gasteiger partial charge in [0.1, 0.15) is 11.5 Å². The van der Waals surface area contributed by atoms with E-state index in [1.54, 1.807) is 19.1 Å². The van der Waals surface area contributed by atoms with Crippen molar-refractivity contribution in [1.29, 1.82) is 0 Å². The van der Waals surface area contributed by atoms with Crippen molar-refractivity contribution in [3.8, 4) is 11.5 Å². The molecule has 0 aromatic heterocycles. The predicted molar refractivity (Wildman–Crippen MR) is 91.0 cm³/mol. The monoisotopic (exact) mass is 333 g/mol. The second-order valence-corrected chi connectivity index (χ2v) is 5.36. The summed E-state index contributed by atoms with van der Waals surface area (Å²) in [6, 6.07) is 14.7. The first kappa shape index (κ1) is 17.2. The Kier molecular flexibility index (Phi) is 6.29. The van der Waals surface area contributed by atoms with Crippen LogP contribution >= 0.6 is 11.6 Å². The van der Waals surface area contributed by atoms with Gasteiger partial charge in [0.2, 0.25) is 0 Å². The lowest BCUT2D eigenvalue weighted by Gasteiger charge is -2.16. The maximum atomic E-state index is 12.2. The number of hydrogen-bond acceptors (Lipinski definition) is 3. The lowest BCUT2D eigenvalue weighted by atomic mass is 10.2. The summed E-state index contributed by atoms with van der Waals surface area (Å²) in [7, 11) is 0. The lowest BCUT2D eigenvalue weighted by Crippen LogP contribution is -2.36. The largest absolute Gasteiger partial charge is 0.494 e.